The van der Waals surface area contributed by atoms with Crippen molar-refractivity contribution in [3.8, 4) is 16.9 Å². The number of benzene rings is 2. The molecule has 3 heterocycles. The highest BCUT2D eigenvalue weighted by Gasteiger charge is 2.29. The van der Waals surface area contributed by atoms with Crippen LogP contribution in [0.5, 0.6) is 0 Å². The average molecular weight is 579 g/mol. The normalized spacial score (nSPS) is 18.5. The molecular weight excluding hydrogens is 543 g/mol. The molecule has 0 amide bonds. The highest BCUT2D eigenvalue weighted by atomic mass is 35.5. The molecule has 0 saturated carbocycles. The summed E-state index contributed by atoms with van der Waals surface area (Å²) in [6, 6.07) is 13.5. The molecular formula is C30H36ClFN8O. The fourth-order valence-electron chi connectivity index (χ4n) is 5.59. The van der Waals surface area contributed by atoms with Crippen LogP contribution in [0.15, 0.2) is 53.5 Å². The van der Waals surface area contributed by atoms with Crippen LogP contribution in [-0.4, -0.2) is 45.2 Å². The van der Waals surface area contributed by atoms with Gasteiger partial charge in [-0.05, 0) is 80.0 Å². The molecule has 4 atom stereocenters. The van der Waals surface area contributed by atoms with Crippen LogP contribution in [0.25, 0.3) is 28.0 Å². The van der Waals surface area contributed by atoms with Crippen LogP contribution in [-0.2, 0) is 6.42 Å². The van der Waals surface area contributed by atoms with Crippen LogP contribution in [0.4, 0.5) is 4.39 Å². The summed E-state index contributed by atoms with van der Waals surface area (Å²) < 4.78 is 16.6. The predicted molar refractivity (Wildman–Crippen MR) is 162 cm³/mol. The number of aromatic amines is 1. The van der Waals surface area contributed by atoms with Gasteiger partial charge in [0.25, 0.3) is 0 Å². The summed E-state index contributed by atoms with van der Waals surface area (Å²) in [5.74, 6) is -0.312. The van der Waals surface area contributed by atoms with Crippen molar-refractivity contribution >= 4 is 28.6 Å². The zero-order valence-electron chi connectivity index (χ0n) is 23.2. The lowest BCUT2D eigenvalue weighted by Gasteiger charge is -2.20. The smallest absolute Gasteiger partial charge is 0.354 e. The molecule has 216 valence electrons. The maximum Gasteiger partial charge on any atom is 0.354 e. The summed E-state index contributed by atoms with van der Waals surface area (Å²) in [6.07, 6.45) is 5.05. The number of fused-ring (bicyclic) bond motifs is 1. The van der Waals surface area contributed by atoms with Gasteiger partial charge in [-0.15, -0.1) is 0 Å². The SMILES string of the molecule is CC(c1ccc(-n2cc3cc(-c4cc(CCC[C@H](C)N)cc(Cl)c4F)[nH]c3nc2=O)cc1)[C@@H]1C[C@@H](NC(=N)N)CN1. The molecule has 1 unspecified atom stereocenters. The fourth-order valence-corrected chi connectivity index (χ4v) is 5.83. The Balaban J connectivity index is 1.37. The van der Waals surface area contributed by atoms with E-state index in [2.05, 4.69) is 27.5 Å². The second kappa shape index (κ2) is 12.0. The molecule has 2 aromatic carbocycles. The lowest BCUT2D eigenvalue weighted by atomic mass is 9.91. The van der Waals surface area contributed by atoms with Crippen LogP contribution in [0, 0.1) is 11.2 Å². The monoisotopic (exact) mass is 578 g/mol. The van der Waals surface area contributed by atoms with E-state index in [0.29, 0.717) is 28.0 Å². The van der Waals surface area contributed by atoms with Crippen molar-refractivity contribution in [3.63, 3.8) is 0 Å². The van der Waals surface area contributed by atoms with E-state index in [1.807, 2.05) is 31.2 Å². The molecule has 0 radical (unpaired) electrons. The first-order valence-corrected chi connectivity index (χ1v) is 14.3. The largest absolute Gasteiger partial charge is 0.370 e. The van der Waals surface area contributed by atoms with E-state index < -0.39 is 11.5 Å². The Bertz CT molecular complexity index is 1610. The van der Waals surface area contributed by atoms with E-state index in [4.69, 9.17) is 28.5 Å². The maximum atomic E-state index is 15.1. The topological polar surface area (TPSA) is 151 Å². The molecule has 41 heavy (non-hydrogen) atoms. The third-order valence-corrected chi connectivity index (χ3v) is 8.11. The molecule has 0 aliphatic carbocycles. The molecule has 0 spiro atoms. The Kier molecular flexibility index (Phi) is 8.44. The summed E-state index contributed by atoms with van der Waals surface area (Å²) in [5.41, 5.74) is 14.9. The van der Waals surface area contributed by atoms with E-state index in [1.165, 1.54) is 4.57 Å². The average Bonchev–Trinajstić information content (AvgIpc) is 3.56. The lowest BCUT2D eigenvalue weighted by Crippen LogP contribution is -2.40. The molecule has 1 aliphatic rings. The van der Waals surface area contributed by atoms with E-state index >= 15 is 4.39 Å². The Morgan fingerprint density at radius 2 is 2.02 bits per heavy atom. The van der Waals surface area contributed by atoms with E-state index in [1.54, 1.807) is 24.4 Å². The quantitative estimate of drug-likeness (QED) is 0.130. The van der Waals surface area contributed by atoms with Crippen LogP contribution in [0.2, 0.25) is 5.02 Å². The van der Waals surface area contributed by atoms with Crippen molar-refractivity contribution in [2.75, 3.05) is 6.54 Å². The number of aromatic nitrogens is 3. The number of nitrogens with one attached hydrogen (secondary N) is 4. The van der Waals surface area contributed by atoms with E-state index in [9.17, 15) is 4.79 Å². The summed E-state index contributed by atoms with van der Waals surface area (Å²) in [4.78, 5) is 20.3. The second-order valence-electron chi connectivity index (χ2n) is 11.1. The van der Waals surface area contributed by atoms with Gasteiger partial charge in [0, 0.05) is 41.8 Å². The van der Waals surface area contributed by atoms with Gasteiger partial charge < -0.3 is 27.1 Å². The van der Waals surface area contributed by atoms with Gasteiger partial charge in [0.05, 0.1) is 16.4 Å². The first kappa shape index (κ1) is 28.8. The summed E-state index contributed by atoms with van der Waals surface area (Å²) in [7, 11) is 0. The molecule has 8 N–H and O–H groups in total. The number of halogens is 2. The number of guanidine groups is 1. The Labute approximate surface area is 243 Å². The van der Waals surface area contributed by atoms with Crippen LogP contribution >= 0.6 is 11.6 Å². The van der Waals surface area contributed by atoms with Gasteiger partial charge in [-0.3, -0.25) is 9.98 Å². The minimum atomic E-state index is -0.519. The van der Waals surface area contributed by atoms with Crippen molar-refractivity contribution in [2.45, 2.75) is 63.6 Å². The molecule has 11 heteroatoms. The number of nitrogens with zero attached hydrogens (tertiary/aromatic N) is 2. The fraction of sp³-hybridized carbons (Fsp3) is 0.367. The van der Waals surface area contributed by atoms with Crippen molar-refractivity contribution < 1.29 is 4.39 Å². The van der Waals surface area contributed by atoms with E-state index in [-0.39, 0.29) is 35.0 Å². The molecule has 1 aliphatic heterocycles. The zero-order valence-corrected chi connectivity index (χ0v) is 23.9. The van der Waals surface area contributed by atoms with Gasteiger partial charge in [-0.1, -0.05) is 30.7 Å². The van der Waals surface area contributed by atoms with Gasteiger partial charge in [0.1, 0.15) is 5.65 Å². The number of hydrogen-bond donors (Lipinski definition) is 6. The van der Waals surface area contributed by atoms with Gasteiger partial charge >= 0.3 is 5.69 Å². The maximum absolute atomic E-state index is 15.1. The summed E-state index contributed by atoms with van der Waals surface area (Å²) in [5, 5.41) is 14.7. The Hall–Kier alpha value is -3.73. The number of aryl methyl sites for hydroxylation is 1. The third kappa shape index (κ3) is 6.45. The molecule has 4 aromatic rings. The molecule has 0 bridgehead atoms. The molecule has 2 aromatic heterocycles. The Morgan fingerprint density at radius 3 is 2.73 bits per heavy atom. The molecule has 1 saturated heterocycles. The minimum absolute atomic E-state index is 0.0181. The molecule has 1 fully saturated rings. The predicted octanol–water partition coefficient (Wildman–Crippen LogP) is 4.16. The van der Waals surface area contributed by atoms with Gasteiger partial charge in [-0.2, -0.15) is 4.98 Å². The van der Waals surface area contributed by atoms with Crippen LogP contribution in [0.3, 0.4) is 0 Å². The van der Waals surface area contributed by atoms with Gasteiger partial charge in [0.15, 0.2) is 11.8 Å². The molecule has 9 nitrogen and oxygen atoms in total. The first-order chi connectivity index (χ1) is 19.6. The number of nitrogens with two attached hydrogens (primary N) is 2. The number of hydrogen-bond acceptors (Lipinski definition) is 5. The summed E-state index contributed by atoms with van der Waals surface area (Å²) >= 11 is 6.24. The zero-order chi connectivity index (χ0) is 29.3. The van der Waals surface area contributed by atoms with Crippen molar-refractivity contribution in [3.05, 3.63) is 81.1 Å². The standard InChI is InChI=1S/C30H36ClFN8O/c1-16(33)4-3-5-18-10-23(27(32)24(31)11-18)26-12-20-15-40(30(41)39-28(20)38-26)22-8-6-19(7-9-22)17(2)25-13-21(14-36-25)37-29(34)35/h6-12,15-17,21,25,36H,3-5,13-14,33H2,1-2H3,(H4,34,35,37)(H,38,39,41)/t16-,17?,21+,25-/m0/s1. The van der Waals surface area contributed by atoms with Gasteiger partial charge in [-0.25, -0.2) is 9.18 Å². The second-order valence-corrected chi connectivity index (χ2v) is 11.5. The molecule has 5 rings (SSSR count). The Morgan fingerprint density at radius 1 is 1.27 bits per heavy atom. The highest BCUT2D eigenvalue weighted by Crippen LogP contribution is 2.32. The first-order valence-electron chi connectivity index (χ1n) is 13.9. The van der Waals surface area contributed by atoms with Crippen LogP contribution in [0.1, 0.15) is 50.2 Å². The highest BCUT2D eigenvalue weighted by molar-refractivity contribution is 6.31. The van der Waals surface area contributed by atoms with Crippen molar-refractivity contribution in [1.29, 1.82) is 5.41 Å². The van der Waals surface area contributed by atoms with Crippen LogP contribution < -0.4 is 27.8 Å². The number of H-pyrrole nitrogens is 1. The third-order valence-electron chi connectivity index (χ3n) is 7.84. The van der Waals surface area contributed by atoms with Crippen molar-refractivity contribution in [2.24, 2.45) is 11.5 Å². The minimum Gasteiger partial charge on any atom is -0.370 e. The van der Waals surface area contributed by atoms with Crippen molar-refractivity contribution in [1.82, 2.24) is 25.2 Å². The lowest BCUT2D eigenvalue weighted by molar-refractivity contribution is 0.509. The van der Waals surface area contributed by atoms with E-state index in [0.717, 1.165) is 43.4 Å². The summed E-state index contributed by atoms with van der Waals surface area (Å²) in [6.45, 7) is 4.87. The van der Waals surface area contributed by atoms with Gasteiger partial charge in [0.2, 0.25) is 0 Å². The number of rotatable bonds is 9.